The number of nitrogens with one attached hydrogen (secondary N) is 4. The lowest BCUT2D eigenvalue weighted by molar-refractivity contribution is -0.589. The summed E-state index contributed by atoms with van der Waals surface area (Å²) < 4.78 is 20.3. The van der Waals surface area contributed by atoms with E-state index in [0.29, 0.717) is 75.1 Å². The third-order valence-electron chi connectivity index (χ3n) is 13.7. The molecule has 2 aliphatic carbocycles. The Kier molecular flexibility index (Phi) is 10.5. The Morgan fingerprint density at radius 3 is 1.84 bits per heavy atom. The standard InChI is InChI=1S/C56H58FN5O5/c1-10-62-40-22-34(57)17-21-41(40)67-42(62)23-38-51(63)45(52(38)64)35-19-15-33-16-20-37(50-44(33)49(35)60-56(61-50,26-30(6)7)27-31(8)9)47-53(65)46(54(47)66)36-18-14-32-12-11-13-39-43(32)48(36)59-55(58-39,24-28(2)3)25-29(4)5/h11-23,28-31,58,61,63,65H,10,24-27H2,1-9H3/b42-23-,45-35-,46-36-. The number of ether oxygens (including phenoxy) is 1. The predicted octanol–water partition coefficient (Wildman–Crippen LogP) is 3.57. The van der Waals surface area contributed by atoms with Crippen LogP contribution in [0.2, 0.25) is 0 Å². The molecule has 0 saturated carbocycles. The molecule has 0 unspecified atom stereocenters. The molecule has 0 atom stereocenters. The lowest BCUT2D eigenvalue weighted by atomic mass is 9.79. The first-order chi connectivity index (χ1) is 31.9. The highest BCUT2D eigenvalue weighted by Gasteiger charge is 2.44. The summed E-state index contributed by atoms with van der Waals surface area (Å²) in [6.07, 6.45) is 4.43. The Balaban J connectivity index is 1.19. The van der Waals surface area contributed by atoms with Gasteiger partial charge in [0.25, 0.3) is 0 Å². The Morgan fingerprint density at radius 1 is 0.687 bits per heavy atom. The highest BCUT2D eigenvalue weighted by Crippen LogP contribution is 2.43. The number of fused-ring (bicyclic) bond motifs is 1. The second kappa shape index (κ2) is 16.0. The topological polar surface area (TPSA) is 145 Å². The molecule has 11 heteroatoms. The second-order valence-electron chi connectivity index (χ2n) is 20.8. The number of anilines is 3. The third kappa shape index (κ3) is 7.11. The van der Waals surface area contributed by atoms with Crippen LogP contribution in [-0.4, -0.2) is 29.4 Å². The number of rotatable bonds is 11. The van der Waals surface area contributed by atoms with Crippen LogP contribution in [0, 0.1) is 29.5 Å². The number of carbonyl (C=O) groups excluding carboxylic acids is 2. The molecule has 0 fully saturated rings. The van der Waals surface area contributed by atoms with Gasteiger partial charge in [0.15, 0.2) is 17.3 Å². The van der Waals surface area contributed by atoms with Gasteiger partial charge in [-0.2, -0.15) is 0 Å². The summed E-state index contributed by atoms with van der Waals surface area (Å²) in [5, 5.41) is 42.8. The number of ketones is 2. The molecule has 67 heavy (non-hydrogen) atoms. The van der Waals surface area contributed by atoms with E-state index < -0.39 is 28.7 Å². The van der Waals surface area contributed by atoms with E-state index in [1.165, 1.54) is 24.3 Å². The molecule has 3 aliphatic heterocycles. The summed E-state index contributed by atoms with van der Waals surface area (Å²) in [6, 6.07) is 21.7. The number of allylic oxidation sites excluding steroid dienone is 5. The van der Waals surface area contributed by atoms with Gasteiger partial charge in [-0.3, -0.25) is 9.59 Å². The van der Waals surface area contributed by atoms with E-state index in [-0.39, 0.29) is 51.6 Å². The normalized spacial score (nSPS) is 20.1. The van der Waals surface area contributed by atoms with Gasteiger partial charge < -0.3 is 30.5 Å². The molecule has 5 aromatic rings. The first-order valence-corrected chi connectivity index (χ1v) is 23.8. The summed E-state index contributed by atoms with van der Waals surface area (Å²) in [5.41, 5.74) is 1.63. The highest BCUT2D eigenvalue weighted by atomic mass is 19.1. The molecule has 4 N–H and O–H groups in total. The molecule has 0 bridgehead atoms. The number of Topliss-reactive ketones (excluding diaryl/α,β-unsaturated/α-hetero) is 2. The van der Waals surface area contributed by atoms with Crippen molar-refractivity contribution in [2.75, 3.05) is 22.1 Å². The number of halogens is 1. The average Bonchev–Trinajstić information content (AvgIpc) is 3.60. The van der Waals surface area contributed by atoms with E-state index in [9.17, 15) is 24.2 Å². The molecule has 10 nitrogen and oxygen atoms in total. The van der Waals surface area contributed by atoms with Crippen molar-refractivity contribution < 1.29 is 38.9 Å². The van der Waals surface area contributed by atoms with Crippen LogP contribution < -0.4 is 61.6 Å². The van der Waals surface area contributed by atoms with Crippen LogP contribution in [0.15, 0.2) is 102 Å². The summed E-state index contributed by atoms with van der Waals surface area (Å²) in [4.78, 5) is 38.6. The van der Waals surface area contributed by atoms with E-state index >= 15 is 0 Å². The lowest BCUT2D eigenvalue weighted by Gasteiger charge is -2.37. The van der Waals surface area contributed by atoms with Gasteiger partial charge in [-0.1, -0.05) is 103 Å². The minimum Gasteiger partial charge on any atom is -0.871 e. The number of carbonyl (C=O) groups is 2. The number of hydrogen-bond acceptors (Lipinski definition) is 8. The fourth-order valence-electron chi connectivity index (χ4n) is 11.6. The summed E-state index contributed by atoms with van der Waals surface area (Å²) in [5.74, 6) is -0.0636. The van der Waals surface area contributed by atoms with Gasteiger partial charge >= 0.3 is 0 Å². The van der Waals surface area contributed by atoms with Crippen molar-refractivity contribution in [3.05, 3.63) is 134 Å². The molecule has 0 amide bonds. The molecule has 10 rings (SSSR count). The molecule has 3 heterocycles. The van der Waals surface area contributed by atoms with Crippen molar-refractivity contribution >= 4 is 66.9 Å². The molecule has 344 valence electrons. The van der Waals surface area contributed by atoms with Gasteiger partial charge in [0.1, 0.15) is 5.82 Å². The Labute approximate surface area is 389 Å². The number of hydrogen-bond donors (Lipinski definition) is 4. The molecule has 0 spiro atoms. The summed E-state index contributed by atoms with van der Waals surface area (Å²) in [6.45, 7) is 19.7. The number of benzene rings is 5. The monoisotopic (exact) mass is 899 g/mol. The SMILES string of the molecule is CCN1/C(=C/C2=C([O-])C(=c3\ccc4ccc(C5=C([O-])/C(=c6\ccc7cccc8c7c6=[NH+]C(CC(C)C)(CC(C)C)N8)C5=O)c5c4c3=[NH+]C(CC(C)C)(CC(C)C)N5)/C2=O)Oc2ccc(F)cc21. The fourth-order valence-corrected chi connectivity index (χ4v) is 11.6. The summed E-state index contributed by atoms with van der Waals surface area (Å²) >= 11 is 0. The van der Waals surface area contributed by atoms with Gasteiger partial charge in [0.2, 0.25) is 27.9 Å². The van der Waals surface area contributed by atoms with E-state index in [0.717, 1.165) is 40.0 Å². The highest BCUT2D eigenvalue weighted by molar-refractivity contribution is 6.52. The van der Waals surface area contributed by atoms with Gasteiger partial charge in [-0.25, -0.2) is 14.4 Å². The molecule has 5 aliphatic rings. The van der Waals surface area contributed by atoms with Crippen molar-refractivity contribution in [3.63, 3.8) is 0 Å². The van der Waals surface area contributed by atoms with Crippen molar-refractivity contribution in [1.29, 1.82) is 0 Å². The number of nitrogens with zero attached hydrogens (tertiary/aromatic N) is 1. The van der Waals surface area contributed by atoms with Gasteiger partial charge in [0, 0.05) is 72.2 Å². The molecular formula is C56H58FN5O5. The molecule has 5 aromatic carbocycles. The minimum atomic E-state index is -0.769. The van der Waals surface area contributed by atoms with Crippen LogP contribution in [0.1, 0.15) is 93.6 Å². The molecule has 0 aromatic heterocycles. The lowest BCUT2D eigenvalue weighted by Crippen LogP contribution is -2.96. The maximum Gasteiger partial charge on any atom is 0.235 e. The summed E-state index contributed by atoms with van der Waals surface area (Å²) in [7, 11) is 0. The van der Waals surface area contributed by atoms with Crippen LogP contribution in [-0.2, 0) is 9.59 Å². The minimum absolute atomic E-state index is 0.0254. The molecule has 0 saturated heterocycles. The third-order valence-corrected chi connectivity index (χ3v) is 13.7. The van der Waals surface area contributed by atoms with E-state index in [1.807, 2.05) is 49.4 Å². The van der Waals surface area contributed by atoms with Crippen molar-refractivity contribution in [3.8, 4) is 5.75 Å². The first-order valence-electron chi connectivity index (χ1n) is 23.8. The van der Waals surface area contributed by atoms with Gasteiger partial charge in [-0.15, -0.1) is 0 Å². The quantitative estimate of drug-likeness (QED) is 0.158. The zero-order valence-corrected chi connectivity index (χ0v) is 39.7. The first kappa shape index (κ1) is 44.1. The maximum absolute atomic E-state index is 14.9. The van der Waals surface area contributed by atoms with Crippen molar-refractivity contribution in [1.82, 2.24) is 0 Å². The van der Waals surface area contributed by atoms with Crippen LogP contribution in [0.5, 0.6) is 5.75 Å². The van der Waals surface area contributed by atoms with Crippen LogP contribution in [0.3, 0.4) is 0 Å². The van der Waals surface area contributed by atoms with Crippen molar-refractivity contribution in [2.24, 2.45) is 23.7 Å². The predicted molar refractivity (Wildman–Crippen MR) is 256 cm³/mol. The van der Waals surface area contributed by atoms with Gasteiger partial charge in [-0.05, 0) is 71.7 Å². The zero-order chi connectivity index (χ0) is 47.4. The maximum atomic E-state index is 14.9. The van der Waals surface area contributed by atoms with E-state index in [1.54, 1.807) is 4.90 Å². The Morgan fingerprint density at radius 2 is 1.25 bits per heavy atom. The van der Waals surface area contributed by atoms with Gasteiger partial charge in [0.05, 0.1) is 38.3 Å². The van der Waals surface area contributed by atoms with E-state index in [4.69, 9.17) is 4.74 Å². The van der Waals surface area contributed by atoms with Crippen LogP contribution in [0.25, 0.3) is 38.3 Å². The van der Waals surface area contributed by atoms with Crippen LogP contribution >= 0.6 is 0 Å². The largest absolute Gasteiger partial charge is 0.871 e. The van der Waals surface area contributed by atoms with E-state index in [2.05, 4.69) is 88.1 Å². The Hall–Kier alpha value is -6.75. The Bertz CT molecular complexity index is 3360. The molecule has 0 radical (unpaired) electrons. The zero-order valence-electron chi connectivity index (χ0n) is 39.7. The second-order valence-corrected chi connectivity index (χ2v) is 20.8. The smallest absolute Gasteiger partial charge is 0.235 e. The fraction of sp³-hybridized carbons (Fsp3) is 0.357. The molecular weight excluding hydrogens is 842 g/mol. The average molecular weight is 900 g/mol. The van der Waals surface area contributed by atoms with Crippen LogP contribution in [0.4, 0.5) is 21.5 Å². The van der Waals surface area contributed by atoms with Crippen molar-refractivity contribution in [2.45, 2.75) is 99.3 Å².